The van der Waals surface area contributed by atoms with Gasteiger partial charge in [0.2, 0.25) is 0 Å². The maximum Gasteiger partial charge on any atom is 0.387 e. The third kappa shape index (κ3) is 2.60. The van der Waals surface area contributed by atoms with Gasteiger partial charge in [0.25, 0.3) is 0 Å². The fraction of sp³-hybridized carbons (Fsp3) is 0.357. The molecule has 8 heteroatoms. The lowest BCUT2D eigenvalue weighted by Crippen LogP contribution is -2.52. The summed E-state index contributed by atoms with van der Waals surface area (Å²) >= 11 is 0. The minimum absolute atomic E-state index is 0.000172. The molecule has 0 aliphatic carbocycles. The number of hydrogen-bond acceptors (Lipinski definition) is 6. The Morgan fingerprint density at radius 1 is 1.50 bits per heavy atom. The van der Waals surface area contributed by atoms with E-state index in [1.54, 1.807) is 6.07 Å². The fourth-order valence-corrected chi connectivity index (χ4v) is 2.28. The normalized spacial score (nSPS) is 13.7. The quantitative estimate of drug-likeness (QED) is 0.415. The molecule has 0 bridgehead atoms. The largest absolute Gasteiger partial charge is 0.508 e. The zero-order valence-corrected chi connectivity index (χ0v) is 11.9. The zero-order chi connectivity index (χ0) is 16.3. The van der Waals surface area contributed by atoms with Crippen LogP contribution in [0.4, 0.5) is 0 Å². The average Bonchev–Trinajstić information content (AvgIpc) is 2.86. The molecule has 2 rings (SSSR count). The van der Waals surface area contributed by atoms with E-state index in [4.69, 9.17) is 4.74 Å². The topological polar surface area (TPSA) is 126 Å². The number of aromatic amines is 1. The van der Waals surface area contributed by atoms with Gasteiger partial charge in [-0.2, -0.15) is 0 Å². The lowest BCUT2D eigenvalue weighted by atomic mass is 9.92. The molecule has 1 unspecified atom stereocenters. The molecular weight excluding hydrogens is 292 g/mol. The van der Waals surface area contributed by atoms with Crippen molar-refractivity contribution < 1.29 is 24.7 Å². The van der Waals surface area contributed by atoms with Crippen molar-refractivity contribution in [3.63, 3.8) is 0 Å². The molecule has 1 atom stereocenters. The summed E-state index contributed by atoms with van der Waals surface area (Å²) in [6.45, 7) is 0.525. The van der Waals surface area contributed by atoms with Crippen molar-refractivity contribution in [2.75, 3.05) is 13.2 Å². The number of carbonyl (C=O) groups is 1. The van der Waals surface area contributed by atoms with Crippen LogP contribution in [0.3, 0.4) is 0 Å². The molecule has 0 radical (unpaired) electrons. The third-order valence-electron chi connectivity index (χ3n) is 3.50. The highest BCUT2D eigenvalue weighted by molar-refractivity contribution is 5.86. The first kappa shape index (κ1) is 15.8. The average molecular weight is 308 g/mol. The van der Waals surface area contributed by atoms with Crippen LogP contribution in [0.25, 0.3) is 10.9 Å². The molecular formula is C14H16N2O6. The number of phenolic OH excluding ortho intramolecular Hbond substituents is 1. The smallest absolute Gasteiger partial charge is 0.387 e. The van der Waals surface area contributed by atoms with E-state index in [-0.39, 0.29) is 18.8 Å². The van der Waals surface area contributed by atoms with E-state index in [1.807, 2.05) is 0 Å². The first-order valence-electron chi connectivity index (χ1n) is 6.66. The monoisotopic (exact) mass is 308 g/mol. The van der Waals surface area contributed by atoms with E-state index in [9.17, 15) is 25.1 Å². The third-order valence-corrected chi connectivity index (χ3v) is 3.50. The van der Waals surface area contributed by atoms with Crippen LogP contribution in [0, 0.1) is 10.1 Å². The number of benzene rings is 1. The summed E-state index contributed by atoms with van der Waals surface area (Å²) in [6, 6.07) is 4.53. The fourth-order valence-electron chi connectivity index (χ4n) is 2.28. The number of aliphatic hydroxyl groups excluding tert-OH is 1. The Labute approximate surface area is 125 Å². The standard InChI is InChI=1S/C14H16N2O6/c1-2-22-13(19)14(8-17,16(20)21)6-9-7-15-12-4-3-10(18)5-11(9)12/h3-5,7,15,17-18H,2,6,8H2,1H3. The molecule has 0 fully saturated rings. The molecule has 1 heterocycles. The Morgan fingerprint density at radius 2 is 2.23 bits per heavy atom. The summed E-state index contributed by atoms with van der Waals surface area (Å²) in [7, 11) is 0. The highest BCUT2D eigenvalue weighted by Crippen LogP contribution is 2.27. The second kappa shape index (κ2) is 6.02. The molecule has 0 saturated heterocycles. The minimum Gasteiger partial charge on any atom is -0.508 e. The van der Waals surface area contributed by atoms with E-state index >= 15 is 0 Å². The van der Waals surface area contributed by atoms with Gasteiger partial charge in [-0.1, -0.05) is 0 Å². The molecule has 1 aromatic carbocycles. The minimum atomic E-state index is -2.27. The second-order valence-electron chi connectivity index (χ2n) is 4.89. The number of fused-ring (bicyclic) bond motifs is 1. The Hall–Kier alpha value is -2.61. The summed E-state index contributed by atoms with van der Waals surface area (Å²) < 4.78 is 4.74. The van der Waals surface area contributed by atoms with E-state index in [2.05, 4.69) is 4.98 Å². The van der Waals surface area contributed by atoms with Crippen LogP contribution >= 0.6 is 0 Å². The van der Waals surface area contributed by atoms with Gasteiger partial charge < -0.3 is 19.9 Å². The van der Waals surface area contributed by atoms with Gasteiger partial charge in [-0.3, -0.25) is 10.1 Å². The predicted molar refractivity (Wildman–Crippen MR) is 77.1 cm³/mol. The van der Waals surface area contributed by atoms with Crippen molar-refractivity contribution in [1.29, 1.82) is 0 Å². The maximum atomic E-state index is 12.0. The number of rotatable bonds is 6. The van der Waals surface area contributed by atoms with Crippen LogP contribution in [0.2, 0.25) is 0 Å². The van der Waals surface area contributed by atoms with Gasteiger partial charge in [0, 0.05) is 22.0 Å². The van der Waals surface area contributed by atoms with Gasteiger partial charge in [-0.25, -0.2) is 4.79 Å². The SMILES string of the molecule is CCOC(=O)C(CO)(Cc1c[nH]c2ccc(O)cc12)[N+](=O)[O-]. The molecule has 0 aliphatic rings. The maximum absolute atomic E-state index is 12.0. The van der Waals surface area contributed by atoms with Crippen LogP contribution < -0.4 is 0 Å². The van der Waals surface area contributed by atoms with Crippen molar-refractivity contribution in [3.8, 4) is 5.75 Å². The van der Waals surface area contributed by atoms with Crippen LogP contribution in [0.1, 0.15) is 12.5 Å². The predicted octanol–water partition coefficient (Wildman–Crippen LogP) is 0.987. The number of phenols is 1. The van der Waals surface area contributed by atoms with Crippen LogP contribution in [-0.4, -0.2) is 44.8 Å². The lowest BCUT2D eigenvalue weighted by Gasteiger charge is -2.20. The van der Waals surface area contributed by atoms with E-state index in [0.717, 1.165) is 0 Å². The molecule has 8 nitrogen and oxygen atoms in total. The summed E-state index contributed by atoms with van der Waals surface area (Å²) in [5.41, 5.74) is -1.17. The number of ether oxygens (including phenoxy) is 1. The van der Waals surface area contributed by atoms with Gasteiger partial charge >= 0.3 is 11.5 Å². The number of carbonyl (C=O) groups excluding carboxylic acids is 1. The van der Waals surface area contributed by atoms with Crippen molar-refractivity contribution in [2.45, 2.75) is 18.9 Å². The van der Waals surface area contributed by atoms with Crippen LogP contribution in [-0.2, 0) is 16.0 Å². The van der Waals surface area contributed by atoms with Gasteiger partial charge in [-0.15, -0.1) is 0 Å². The highest BCUT2D eigenvalue weighted by Gasteiger charge is 2.52. The number of aromatic nitrogens is 1. The number of nitrogens with one attached hydrogen (secondary N) is 1. The Bertz CT molecular complexity index is 710. The van der Waals surface area contributed by atoms with Gasteiger partial charge in [-0.05, 0) is 30.7 Å². The molecule has 0 spiro atoms. The summed E-state index contributed by atoms with van der Waals surface area (Å²) in [4.78, 5) is 25.4. The first-order valence-corrected chi connectivity index (χ1v) is 6.66. The summed E-state index contributed by atoms with van der Waals surface area (Å²) in [6.07, 6.45) is 1.16. The van der Waals surface area contributed by atoms with E-state index in [0.29, 0.717) is 16.5 Å². The first-order chi connectivity index (χ1) is 10.4. The Morgan fingerprint density at radius 3 is 2.82 bits per heavy atom. The van der Waals surface area contributed by atoms with Crippen molar-refractivity contribution >= 4 is 16.9 Å². The summed E-state index contributed by atoms with van der Waals surface area (Å²) in [5.74, 6) is -1.09. The van der Waals surface area contributed by atoms with Crippen molar-refractivity contribution in [3.05, 3.63) is 40.1 Å². The molecule has 0 amide bonds. The number of H-pyrrole nitrogens is 1. The number of nitrogens with zero attached hydrogens (tertiary/aromatic N) is 1. The van der Waals surface area contributed by atoms with E-state index < -0.39 is 23.0 Å². The van der Waals surface area contributed by atoms with Crippen LogP contribution in [0.15, 0.2) is 24.4 Å². The molecule has 3 N–H and O–H groups in total. The van der Waals surface area contributed by atoms with Crippen molar-refractivity contribution in [1.82, 2.24) is 4.98 Å². The van der Waals surface area contributed by atoms with Gasteiger partial charge in [0.05, 0.1) is 13.0 Å². The van der Waals surface area contributed by atoms with Crippen molar-refractivity contribution in [2.24, 2.45) is 0 Å². The van der Waals surface area contributed by atoms with Gasteiger partial charge in [0.15, 0.2) is 0 Å². The Kier molecular flexibility index (Phi) is 4.32. The molecule has 22 heavy (non-hydrogen) atoms. The summed E-state index contributed by atoms with van der Waals surface area (Å²) in [5, 5.41) is 30.9. The molecule has 118 valence electrons. The Balaban J connectivity index is 2.47. The number of esters is 1. The number of hydrogen-bond donors (Lipinski definition) is 3. The zero-order valence-electron chi connectivity index (χ0n) is 11.9. The lowest BCUT2D eigenvalue weighted by molar-refractivity contribution is -0.558. The number of aromatic hydroxyl groups is 1. The second-order valence-corrected chi connectivity index (χ2v) is 4.89. The molecule has 0 aliphatic heterocycles. The van der Waals surface area contributed by atoms with Gasteiger partial charge in [0.1, 0.15) is 12.4 Å². The van der Waals surface area contributed by atoms with E-state index in [1.165, 1.54) is 25.3 Å². The highest BCUT2D eigenvalue weighted by atomic mass is 16.6. The van der Waals surface area contributed by atoms with Crippen LogP contribution in [0.5, 0.6) is 5.75 Å². The molecule has 0 saturated carbocycles. The number of nitro groups is 1. The number of aliphatic hydroxyl groups is 1. The molecule has 2 aromatic rings. The molecule has 1 aromatic heterocycles.